The lowest BCUT2D eigenvalue weighted by Crippen LogP contribution is -2.18. The van der Waals surface area contributed by atoms with Crippen LogP contribution < -0.4 is 10.9 Å². The highest BCUT2D eigenvalue weighted by Crippen LogP contribution is 2.30. The summed E-state index contributed by atoms with van der Waals surface area (Å²) in [6, 6.07) is 7.47. The highest BCUT2D eigenvalue weighted by molar-refractivity contribution is 9.10. The molecule has 0 atom stereocenters. The molecule has 21 heavy (non-hydrogen) atoms. The molecule has 0 amide bonds. The van der Waals surface area contributed by atoms with Crippen LogP contribution in [0, 0.1) is 0 Å². The third-order valence-corrected chi connectivity index (χ3v) is 4.18. The van der Waals surface area contributed by atoms with Crippen molar-refractivity contribution in [3.8, 4) is 0 Å². The first-order valence-electron chi connectivity index (χ1n) is 6.40. The summed E-state index contributed by atoms with van der Waals surface area (Å²) in [5.41, 5.74) is 0.994. The zero-order chi connectivity index (χ0) is 15.1. The number of aromatic nitrogens is 2. The van der Waals surface area contributed by atoms with Gasteiger partial charge in [0.15, 0.2) is 5.16 Å². The molecule has 0 aliphatic heterocycles. The first kappa shape index (κ1) is 16.2. The zero-order valence-corrected chi connectivity index (χ0v) is 14.0. The maximum atomic E-state index is 11.3. The second kappa shape index (κ2) is 8.33. The molecule has 112 valence electrons. The van der Waals surface area contributed by atoms with Gasteiger partial charge in [0.2, 0.25) is 0 Å². The molecule has 1 aromatic heterocycles. The van der Waals surface area contributed by atoms with E-state index in [2.05, 4.69) is 31.2 Å². The predicted molar refractivity (Wildman–Crippen MR) is 86.7 cm³/mol. The summed E-state index contributed by atoms with van der Waals surface area (Å²) >= 11 is 4.91. The van der Waals surface area contributed by atoms with Gasteiger partial charge in [-0.1, -0.05) is 33.8 Å². The quantitative estimate of drug-likeness (QED) is 0.579. The third-order valence-electron chi connectivity index (χ3n) is 2.68. The van der Waals surface area contributed by atoms with Crippen LogP contribution in [0.1, 0.15) is 5.56 Å². The molecule has 5 nitrogen and oxygen atoms in total. The van der Waals surface area contributed by atoms with Gasteiger partial charge in [0, 0.05) is 41.8 Å². The Hall–Kier alpha value is -1.15. The average molecular weight is 370 g/mol. The number of benzene rings is 1. The summed E-state index contributed by atoms with van der Waals surface area (Å²) in [5, 5.41) is 3.90. The van der Waals surface area contributed by atoms with Crippen LogP contribution in [0.25, 0.3) is 0 Å². The summed E-state index contributed by atoms with van der Waals surface area (Å²) in [4.78, 5) is 19.3. The number of H-pyrrole nitrogens is 1. The Balaban J connectivity index is 2.13. The molecule has 1 heterocycles. The minimum Gasteiger partial charge on any atom is -0.383 e. The first-order chi connectivity index (χ1) is 10.2. The van der Waals surface area contributed by atoms with Crippen molar-refractivity contribution in [3.63, 3.8) is 0 Å². The average Bonchev–Trinajstić information content (AvgIpc) is 2.45. The van der Waals surface area contributed by atoms with Gasteiger partial charge >= 0.3 is 0 Å². The van der Waals surface area contributed by atoms with E-state index in [0.717, 1.165) is 28.0 Å². The molecule has 0 saturated heterocycles. The minimum atomic E-state index is -0.151. The number of halogens is 1. The summed E-state index contributed by atoms with van der Waals surface area (Å²) < 4.78 is 6.00. The van der Waals surface area contributed by atoms with E-state index in [0.29, 0.717) is 11.8 Å². The number of hydrogen-bond donors (Lipinski definition) is 2. The van der Waals surface area contributed by atoms with Crippen LogP contribution in [0.3, 0.4) is 0 Å². The molecule has 0 aliphatic rings. The second-order valence-electron chi connectivity index (χ2n) is 4.26. The molecule has 1 aromatic carbocycles. The molecule has 0 radical (unpaired) electrons. The van der Waals surface area contributed by atoms with Crippen LogP contribution in [0.5, 0.6) is 0 Å². The van der Waals surface area contributed by atoms with Crippen molar-refractivity contribution in [3.05, 3.63) is 50.9 Å². The standard InChI is InChI=1S/C14H16BrN3O2S/c1-20-7-6-16-9-10-2-3-11(15)8-12(10)21-14-17-5-4-13(19)18-14/h2-5,8,16H,6-7,9H2,1H3,(H,17,18,19). The minimum absolute atomic E-state index is 0.151. The Morgan fingerprint density at radius 2 is 2.29 bits per heavy atom. The van der Waals surface area contributed by atoms with Crippen LogP contribution in [0.2, 0.25) is 0 Å². The summed E-state index contributed by atoms with van der Waals surface area (Å²) in [7, 11) is 1.68. The zero-order valence-electron chi connectivity index (χ0n) is 11.6. The second-order valence-corrected chi connectivity index (χ2v) is 6.21. The van der Waals surface area contributed by atoms with E-state index in [1.54, 1.807) is 7.11 Å². The normalized spacial score (nSPS) is 10.8. The van der Waals surface area contributed by atoms with Crippen molar-refractivity contribution in [2.75, 3.05) is 20.3 Å². The molecule has 0 saturated carbocycles. The van der Waals surface area contributed by atoms with Crippen LogP contribution in [0.4, 0.5) is 0 Å². The largest absolute Gasteiger partial charge is 0.383 e. The van der Waals surface area contributed by atoms with Gasteiger partial charge in [0.1, 0.15) is 0 Å². The lowest BCUT2D eigenvalue weighted by atomic mass is 10.2. The molecule has 0 aliphatic carbocycles. The van der Waals surface area contributed by atoms with Crippen LogP contribution in [0.15, 0.2) is 49.8 Å². The SMILES string of the molecule is COCCNCc1ccc(Br)cc1Sc1nccc(=O)[nH]1. The van der Waals surface area contributed by atoms with Crippen LogP contribution >= 0.6 is 27.7 Å². The molecular formula is C14H16BrN3O2S. The molecule has 0 spiro atoms. The van der Waals surface area contributed by atoms with Crippen molar-refractivity contribution in [2.45, 2.75) is 16.6 Å². The summed E-state index contributed by atoms with van der Waals surface area (Å²) in [6.07, 6.45) is 1.51. The monoisotopic (exact) mass is 369 g/mol. The van der Waals surface area contributed by atoms with Crippen molar-refractivity contribution < 1.29 is 4.74 Å². The van der Waals surface area contributed by atoms with E-state index in [1.165, 1.54) is 24.0 Å². The summed E-state index contributed by atoms with van der Waals surface area (Å²) in [6.45, 7) is 2.19. The van der Waals surface area contributed by atoms with E-state index < -0.39 is 0 Å². The number of nitrogens with zero attached hydrogens (tertiary/aromatic N) is 1. The molecule has 7 heteroatoms. The maximum absolute atomic E-state index is 11.3. The fourth-order valence-electron chi connectivity index (χ4n) is 1.67. The smallest absolute Gasteiger partial charge is 0.251 e. The fraction of sp³-hybridized carbons (Fsp3) is 0.286. The summed E-state index contributed by atoms with van der Waals surface area (Å²) in [5.74, 6) is 0. The van der Waals surface area contributed by atoms with Gasteiger partial charge in [-0.3, -0.25) is 4.79 Å². The number of rotatable bonds is 7. The molecule has 0 bridgehead atoms. The Kier molecular flexibility index (Phi) is 6.44. The van der Waals surface area contributed by atoms with Gasteiger partial charge in [-0.15, -0.1) is 0 Å². The maximum Gasteiger partial charge on any atom is 0.251 e. The fourth-order valence-corrected chi connectivity index (χ4v) is 3.12. The Bertz CT molecular complexity index is 648. The van der Waals surface area contributed by atoms with Gasteiger partial charge in [-0.05, 0) is 17.7 Å². The molecule has 0 unspecified atom stereocenters. The van der Waals surface area contributed by atoms with E-state index >= 15 is 0 Å². The highest BCUT2D eigenvalue weighted by atomic mass is 79.9. The van der Waals surface area contributed by atoms with Gasteiger partial charge in [0.25, 0.3) is 5.56 Å². The Morgan fingerprint density at radius 3 is 3.05 bits per heavy atom. The first-order valence-corrected chi connectivity index (χ1v) is 8.01. The van der Waals surface area contributed by atoms with Gasteiger partial charge in [-0.25, -0.2) is 4.98 Å². The van der Waals surface area contributed by atoms with Gasteiger partial charge in [0.05, 0.1) is 6.61 Å². The molecule has 2 N–H and O–H groups in total. The van der Waals surface area contributed by atoms with E-state index in [4.69, 9.17) is 4.74 Å². The van der Waals surface area contributed by atoms with Crippen LogP contribution in [-0.2, 0) is 11.3 Å². The van der Waals surface area contributed by atoms with Crippen molar-refractivity contribution in [2.24, 2.45) is 0 Å². The van der Waals surface area contributed by atoms with Crippen LogP contribution in [-0.4, -0.2) is 30.2 Å². The number of methoxy groups -OCH3 is 1. The number of hydrogen-bond acceptors (Lipinski definition) is 5. The number of ether oxygens (including phenoxy) is 1. The van der Waals surface area contributed by atoms with Crippen molar-refractivity contribution >= 4 is 27.7 Å². The number of aromatic amines is 1. The molecule has 2 aromatic rings. The predicted octanol–water partition coefficient (Wildman–Crippen LogP) is 2.42. The molecule has 0 fully saturated rings. The Morgan fingerprint density at radius 1 is 1.43 bits per heavy atom. The lowest BCUT2D eigenvalue weighted by molar-refractivity contribution is 0.199. The highest BCUT2D eigenvalue weighted by Gasteiger charge is 2.07. The van der Waals surface area contributed by atoms with E-state index in [9.17, 15) is 4.79 Å². The van der Waals surface area contributed by atoms with Crippen molar-refractivity contribution in [1.82, 2.24) is 15.3 Å². The lowest BCUT2D eigenvalue weighted by Gasteiger charge is -2.10. The topological polar surface area (TPSA) is 67.0 Å². The molecular weight excluding hydrogens is 354 g/mol. The van der Waals surface area contributed by atoms with Gasteiger partial charge < -0.3 is 15.0 Å². The number of nitrogens with one attached hydrogen (secondary N) is 2. The molecule has 2 rings (SSSR count). The van der Waals surface area contributed by atoms with Crippen molar-refractivity contribution in [1.29, 1.82) is 0 Å². The van der Waals surface area contributed by atoms with E-state index in [-0.39, 0.29) is 5.56 Å². The Labute approximate surface area is 135 Å². The van der Waals surface area contributed by atoms with Gasteiger partial charge in [-0.2, -0.15) is 0 Å². The van der Waals surface area contributed by atoms with E-state index in [1.807, 2.05) is 18.2 Å². The third kappa shape index (κ3) is 5.28.